The number of nitrogens with one attached hydrogen (secondary N) is 1. The Morgan fingerprint density at radius 2 is 2.00 bits per heavy atom. The third-order valence-electron chi connectivity index (χ3n) is 5.42. The predicted octanol–water partition coefficient (Wildman–Crippen LogP) is 3.91. The van der Waals surface area contributed by atoms with Crippen LogP contribution in [0.3, 0.4) is 0 Å². The lowest BCUT2D eigenvalue weighted by Crippen LogP contribution is -2.28. The zero-order chi connectivity index (χ0) is 21.6. The van der Waals surface area contributed by atoms with Crippen LogP contribution in [-0.2, 0) is 17.6 Å². The minimum atomic E-state index is -0.0529. The quantitative estimate of drug-likeness (QED) is 0.538. The van der Waals surface area contributed by atoms with Crippen LogP contribution in [0, 0.1) is 0 Å². The van der Waals surface area contributed by atoms with Gasteiger partial charge in [0.15, 0.2) is 0 Å². The van der Waals surface area contributed by atoms with Gasteiger partial charge in [-0.05, 0) is 78.8 Å². The maximum absolute atomic E-state index is 12.6. The molecule has 162 valence electrons. The van der Waals surface area contributed by atoms with Gasteiger partial charge in [-0.15, -0.1) is 5.10 Å². The van der Waals surface area contributed by atoms with Crippen molar-refractivity contribution >= 4 is 17.7 Å². The van der Waals surface area contributed by atoms with Gasteiger partial charge in [-0.2, -0.15) is 4.68 Å². The number of fused-ring (bicyclic) bond motifs is 1. The topological polar surface area (TPSA) is 81.9 Å². The SMILES string of the molecule is CCOc1ccccc1-n1nnnc1SCC(=O)N[C@@H](C)c1ccc2c(c1)CCCC2. The molecule has 0 saturated carbocycles. The largest absolute Gasteiger partial charge is 0.492 e. The summed E-state index contributed by atoms with van der Waals surface area (Å²) in [5, 5.41) is 15.6. The second kappa shape index (κ2) is 9.96. The number of para-hydroxylation sites is 2. The Balaban J connectivity index is 1.38. The Labute approximate surface area is 186 Å². The fourth-order valence-corrected chi connectivity index (χ4v) is 4.54. The monoisotopic (exact) mass is 437 g/mol. The van der Waals surface area contributed by atoms with Crippen molar-refractivity contribution in [1.29, 1.82) is 0 Å². The fourth-order valence-electron chi connectivity index (χ4n) is 3.85. The molecule has 2 aromatic carbocycles. The Morgan fingerprint density at radius 1 is 1.19 bits per heavy atom. The maximum Gasteiger partial charge on any atom is 0.230 e. The van der Waals surface area contributed by atoms with Crippen LogP contribution >= 0.6 is 11.8 Å². The fraction of sp³-hybridized carbons (Fsp3) is 0.391. The first-order chi connectivity index (χ1) is 15.2. The molecule has 0 bridgehead atoms. The van der Waals surface area contributed by atoms with E-state index in [4.69, 9.17) is 4.74 Å². The Hall–Kier alpha value is -2.87. The van der Waals surface area contributed by atoms with Crippen LogP contribution in [0.15, 0.2) is 47.6 Å². The van der Waals surface area contributed by atoms with E-state index in [1.165, 1.54) is 35.7 Å². The normalized spacial score (nSPS) is 14.0. The number of carbonyl (C=O) groups is 1. The van der Waals surface area contributed by atoms with Crippen molar-refractivity contribution in [3.8, 4) is 11.4 Å². The summed E-state index contributed by atoms with van der Waals surface area (Å²) in [6, 6.07) is 14.1. The number of aromatic nitrogens is 4. The Morgan fingerprint density at radius 3 is 2.84 bits per heavy atom. The summed E-state index contributed by atoms with van der Waals surface area (Å²) in [5.74, 6) is 0.874. The van der Waals surface area contributed by atoms with E-state index in [9.17, 15) is 4.79 Å². The molecule has 0 fully saturated rings. The van der Waals surface area contributed by atoms with Crippen LogP contribution < -0.4 is 10.1 Å². The van der Waals surface area contributed by atoms with Crippen LogP contribution in [0.1, 0.15) is 49.4 Å². The Bertz CT molecular complexity index is 1050. The summed E-state index contributed by atoms with van der Waals surface area (Å²) >= 11 is 1.30. The number of tetrazole rings is 1. The van der Waals surface area contributed by atoms with E-state index in [1.54, 1.807) is 4.68 Å². The van der Waals surface area contributed by atoms with Crippen molar-refractivity contribution < 1.29 is 9.53 Å². The van der Waals surface area contributed by atoms with E-state index in [1.807, 2.05) is 38.1 Å². The third kappa shape index (κ3) is 5.07. The molecule has 1 N–H and O–H groups in total. The molecule has 4 rings (SSSR count). The van der Waals surface area contributed by atoms with E-state index in [-0.39, 0.29) is 17.7 Å². The molecular weight excluding hydrogens is 410 g/mol. The number of nitrogens with zero attached hydrogens (tertiary/aromatic N) is 4. The number of rotatable bonds is 8. The maximum atomic E-state index is 12.6. The number of ether oxygens (including phenoxy) is 1. The standard InChI is InChI=1S/C23H27N5O2S/c1-3-30-21-11-7-6-10-20(21)28-23(25-26-27-28)31-15-22(29)24-16(2)18-13-12-17-8-4-5-9-19(17)14-18/h6-7,10-14,16H,3-5,8-9,15H2,1-2H3,(H,24,29)/t16-/m0/s1. The molecule has 3 aromatic rings. The number of aryl methyl sites for hydroxylation is 2. The molecule has 1 heterocycles. The van der Waals surface area contributed by atoms with Gasteiger partial charge in [0.25, 0.3) is 0 Å². The predicted molar refractivity (Wildman–Crippen MR) is 121 cm³/mol. The smallest absolute Gasteiger partial charge is 0.230 e. The molecule has 1 amide bonds. The van der Waals surface area contributed by atoms with Crippen LogP contribution in [0.5, 0.6) is 5.75 Å². The highest BCUT2D eigenvalue weighted by Gasteiger charge is 2.17. The molecule has 0 aliphatic heterocycles. The summed E-state index contributed by atoms with van der Waals surface area (Å²) in [7, 11) is 0. The molecule has 0 unspecified atom stereocenters. The lowest BCUT2D eigenvalue weighted by molar-refractivity contribution is -0.119. The first-order valence-corrected chi connectivity index (χ1v) is 11.7. The summed E-state index contributed by atoms with van der Waals surface area (Å²) < 4.78 is 7.28. The molecule has 0 radical (unpaired) electrons. The molecule has 7 nitrogen and oxygen atoms in total. The minimum absolute atomic E-state index is 0.0463. The first-order valence-electron chi connectivity index (χ1n) is 10.7. The van der Waals surface area contributed by atoms with E-state index >= 15 is 0 Å². The van der Waals surface area contributed by atoms with Crippen LogP contribution in [0.4, 0.5) is 0 Å². The molecule has 1 aromatic heterocycles. The highest BCUT2D eigenvalue weighted by atomic mass is 32.2. The van der Waals surface area contributed by atoms with Crippen LogP contribution in [0.2, 0.25) is 0 Å². The van der Waals surface area contributed by atoms with Gasteiger partial charge in [0.05, 0.1) is 18.4 Å². The van der Waals surface area contributed by atoms with Crippen molar-refractivity contribution in [1.82, 2.24) is 25.5 Å². The number of hydrogen-bond donors (Lipinski definition) is 1. The molecule has 0 spiro atoms. The van der Waals surface area contributed by atoms with E-state index in [0.717, 1.165) is 24.1 Å². The molecule has 1 aliphatic rings. The number of amides is 1. The number of carbonyl (C=O) groups excluding carboxylic acids is 1. The lowest BCUT2D eigenvalue weighted by atomic mass is 9.89. The first kappa shape index (κ1) is 21.4. The highest BCUT2D eigenvalue weighted by molar-refractivity contribution is 7.99. The van der Waals surface area contributed by atoms with Gasteiger partial charge in [-0.3, -0.25) is 4.79 Å². The van der Waals surface area contributed by atoms with Crippen molar-refractivity contribution in [3.63, 3.8) is 0 Å². The van der Waals surface area contributed by atoms with E-state index in [2.05, 4.69) is 39.0 Å². The Kier molecular flexibility index (Phi) is 6.86. The van der Waals surface area contributed by atoms with Gasteiger partial charge in [0, 0.05) is 0 Å². The van der Waals surface area contributed by atoms with Crippen LogP contribution in [-0.4, -0.2) is 38.5 Å². The minimum Gasteiger partial charge on any atom is -0.492 e. The second-order valence-electron chi connectivity index (χ2n) is 7.59. The molecule has 1 aliphatic carbocycles. The van der Waals surface area contributed by atoms with E-state index < -0.39 is 0 Å². The average Bonchev–Trinajstić information content (AvgIpc) is 3.26. The van der Waals surface area contributed by atoms with Crippen molar-refractivity contribution in [2.75, 3.05) is 12.4 Å². The van der Waals surface area contributed by atoms with Crippen molar-refractivity contribution in [3.05, 3.63) is 59.2 Å². The summed E-state index contributed by atoms with van der Waals surface area (Å²) in [6.07, 6.45) is 4.80. The number of thioether (sulfide) groups is 1. The van der Waals surface area contributed by atoms with Crippen molar-refractivity contribution in [2.45, 2.75) is 50.7 Å². The van der Waals surface area contributed by atoms with Gasteiger partial charge in [0.2, 0.25) is 11.1 Å². The van der Waals surface area contributed by atoms with Gasteiger partial charge in [0.1, 0.15) is 11.4 Å². The highest BCUT2D eigenvalue weighted by Crippen LogP contribution is 2.27. The van der Waals surface area contributed by atoms with Crippen LogP contribution in [0.25, 0.3) is 5.69 Å². The average molecular weight is 438 g/mol. The zero-order valence-electron chi connectivity index (χ0n) is 17.9. The summed E-state index contributed by atoms with van der Waals surface area (Å²) in [6.45, 7) is 4.50. The summed E-state index contributed by atoms with van der Waals surface area (Å²) in [5.41, 5.74) is 4.77. The summed E-state index contributed by atoms with van der Waals surface area (Å²) in [4.78, 5) is 12.6. The van der Waals surface area contributed by atoms with Crippen molar-refractivity contribution in [2.24, 2.45) is 0 Å². The zero-order valence-corrected chi connectivity index (χ0v) is 18.7. The van der Waals surface area contributed by atoms with Gasteiger partial charge >= 0.3 is 0 Å². The third-order valence-corrected chi connectivity index (χ3v) is 6.34. The lowest BCUT2D eigenvalue weighted by Gasteiger charge is -2.20. The van der Waals surface area contributed by atoms with Gasteiger partial charge in [-0.1, -0.05) is 42.1 Å². The number of hydrogen-bond acceptors (Lipinski definition) is 6. The molecule has 8 heteroatoms. The molecular formula is C23H27N5O2S. The second-order valence-corrected chi connectivity index (χ2v) is 8.53. The van der Waals surface area contributed by atoms with Gasteiger partial charge < -0.3 is 10.1 Å². The molecule has 0 saturated heterocycles. The van der Waals surface area contributed by atoms with Gasteiger partial charge in [-0.25, -0.2) is 0 Å². The molecule has 31 heavy (non-hydrogen) atoms. The van der Waals surface area contributed by atoms with E-state index in [0.29, 0.717) is 17.5 Å². The number of benzene rings is 2. The molecule has 1 atom stereocenters.